The number of nitrogens with two attached hydrogens (primary N) is 1. The number of para-hydroxylation sites is 2. The van der Waals surface area contributed by atoms with Crippen LogP contribution in [-0.2, 0) is 9.53 Å². The zero-order valence-electron chi connectivity index (χ0n) is 11.0. The predicted molar refractivity (Wildman–Crippen MR) is 77.6 cm³/mol. The molecule has 1 aromatic heterocycles. The van der Waals surface area contributed by atoms with Crippen LogP contribution in [0.1, 0.15) is 6.42 Å². The second-order valence-electron chi connectivity index (χ2n) is 4.23. The minimum absolute atomic E-state index is 0.135. The Bertz CT molecular complexity index is 620. The van der Waals surface area contributed by atoms with Crippen molar-refractivity contribution in [2.45, 2.75) is 12.5 Å². The van der Waals surface area contributed by atoms with Gasteiger partial charge < -0.3 is 15.8 Å². The highest BCUT2D eigenvalue weighted by Gasteiger charge is 2.16. The Morgan fingerprint density at radius 3 is 2.70 bits per heavy atom. The number of aromatic nitrogens is 2. The fourth-order valence-corrected chi connectivity index (χ4v) is 1.82. The van der Waals surface area contributed by atoms with E-state index in [0.717, 1.165) is 0 Å². The van der Waals surface area contributed by atoms with Crippen LogP contribution in [0.25, 0.3) is 11.0 Å². The third-order valence-corrected chi connectivity index (χ3v) is 3.00. The lowest BCUT2D eigenvalue weighted by Crippen LogP contribution is -2.36. The molecule has 7 heteroatoms. The first-order valence-electron chi connectivity index (χ1n) is 6.09. The van der Waals surface area contributed by atoms with Gasteiger partial charge in [-0.05, 0) is 18.6 Å². The summed E-state index contributed by atoms with van der Waals surface area (Å²) in [6, 6.07) is 6.58. The maximum Gasteiger partial charge on any atom is 0.242 e. The summed E-state index contributed by atoms with van der Waals surface area (Å²) in [5, 5.41) is 2.72. The van der Waals surface area contributed by atoms with Crippen molar-refractivity contribution >= 4 is 34.4 Å². The molecule has 0 bridgehead atoms. The Hall–Kier alpha value is -1.76. The molecule has 0 radical (unpaired) electrons. The first kappa shape index (κ1) is 14.6. The molecule has 0 fully saturated rings. The number of rotatable bonds is 5. The molecule has 20 heavy (non-hydrogen) atoms. The van der Waals surface area contributed by atoms with Gasteiger partial charge >= 0.3 is 0 Å². The van der Waals surface area contributed by atoms with E-state index in [4.69, 9.17) is 22.1 Å². The average Bonchev–Trinajstić information content (AvgIpc) is 2.45. The standard InChI is InChI=1S/C13H15ClN4O2/c1-20-7-6-8(15)13(19)18-12-11(14)16-9-4-2-3-5-10(9)17-12/h2-5,8H,6-7,15H2,1H3,(H,17,18,19). The highest BCUT2D eigenvalue weighted by Crippen LogP contribution is 2.21. The Morgan fingerprint density at radius 2 is 2.05 bits per heavy atom. The minimum Gasteiger partial charge on any atom is -0.385 e. The lowest BCUT2D eigenvalue weighted by atomic mass is 10.2. The SMILES string of the molecule is COCCC(N)C(=O)Nc1nc2ccccc2nc1Cl. The van der Waals surface area contributed by atoms with Crippen molar-refractivity contribution in [3.8, 4) is 0 Å². The van der Waals surface area contributed by atoms with Gasteiger partial charge in [-0.1, -0.05) is 23.7 Å². The quantitative estimate of drug-likeness (QED) is 0.874. The number of hydrogen-bond acceptors (Lipinski definition) is 5. The van der Waals surface area contributed by atoms with Crippen LogP contribution in [0.3, 0.4) is 0 Å². The minimum atomic E-state index is -0.681. The van der Waals surface area contributed by atoms with Crippen molar-refractivity contribution in [1.29, 1.82) is 0 Å². The number of nitrogens with zero attached hydrogens (tertiary/aromatic N) is 2. The van der Waals surface area contributed by atoms with E-state index in [9.17, 15) is 4.79 Å². The molecule has 2 rings (SSSR count). The Morgan fingerprint density at radius 1 is 1.40 bits per heavy atom. The number of amides is 1. The van der Waals surface area contributed by atoms with Gasteiger partial charge in [0.2, 0.25) is 5.91 Å². The third kappa shape index (κ3) is 3.41. The lowest BCUT2D eigenvalue weighted by molar-refractivity contribution is -0.117. The van der Waals surface area contributed by atoms with Crippen molar-refractivity contribution in [3.63, 3.8) is 0 Å². The zero-order valence-corrected chi connectivity index (χ0v) is 11.7. The van der Waals surface area contributed by atoms with E-state index in [2.05, 4.69) is 15.3 Å². The van der Waals surface area contributed by atoms with Crippen molar-refractivity contribution in [2.75, 3.05) is 19.0 Å². The van der Waals surface area contributed by atoms with Gasteiger partial charge in [0.15, 0.2) is 11.0 Å². The average molecular weight is 295 g/mol. The molecule has 0 aliphatic carbocycles. The molecular formula is C13H15ClN4O2. The normalized spacial score (nSPS) is 12.3. The number of hydrogen-bond donors (Lipinski definition) is 2. The van der Waals surface area contributed by atoms with E-state index < -0.39 is 6.04 Å². The molecule has 3 N–H and O–H groups in total. The highest BCUT2D eigenvalue weighted by molar-refractivity contribution is 6.32. The van der Waals surface area contributed by atoms with E-state index in [0.29, 0.717) is 24.1 Å². The molecule has 1 amide bonds. The molecule has 106 valence electrons. The number of carbonyl (C=O) groups is 1. The van der Waals surface area contributed by atoms with Gasteiger partial charge in [0.25, 0.3) is 0 Å². The fraction of sp³-hybridized carbons (Fsp3) is 0.308. The summed E-state index contributed by atoms with van der Waals surface area (Å²) in [7, 11) is 1.55. The van der Waals surface area contributed by atoms with Crippen LogP contribution >= 0.6 is 11.6 Å². The second kappa shape index (κ2) is 6.60. The number of nitrogens with one attached hydrogen (secondary N) is 1. The molecule has 0 spiro atoms. The fourth-order valence-electron chi connectivity index (χ4n) is 1.64. The Labute approximate surface area is 121 Å². The number of halogens is 1. The maximum absolute atomic E-state index is 11.9. The molecule has 1 aromatic carbocycles. The summed E-state index contributed by atoms with van der Waals surface area (Å²) < 4.78 is 4.88. The molecule has 0 saturated carbocycles. The Kier molecular flexibility index (Phi) is 4.84. The van der Waals surface area contributed by atoms with Crippen LogP contribution in [0.5, 0.6) is 0 Å². The summed E-state index contributed by atoms with van der Waals surface area (Å²) >= 11 is 6.00. The predicted octanol–water partition coefficient (Wildman–Crippen LogP) is 1.59. The lowest BCUT2D eigenvalue weighted by Gasteiger charge is -2.12. The van der Waals surface area contributed by atoms with E-state index in [1.165, 1.54) is 0 Å². The maximum atomic E-state index is 11.9. The number of benzene rings is 1. The monoisotopic (exact) mass is 294 g/mol. The summed E-state index contributed by atoms with van der Waals surface area (Å²) in [6.07, 6.45) is 0.418. The number of carbonyl (C=O) groups excluding carboxylic acids is 1. The number of methoxy groups -OCH3 is 1. The van der Waals surface area contributed by atoms with Crippen molar-refractivity contribution < 1.29 is 9.53 Å². The van der Waals surface area contributed by atoms with Crippen molar-refractivity contribution in [2.24, 2.45) is 5.73 Å². The number of anilines is 1. The second-order valence-corrected chi connectivity index (χ2v) is 4.59. The van der Waals surface area contributed by atoms with Gasteiger partial charge in [-0.3, -0.25) is 4.79 Å². The molecule has 0 aliphatic heterocycles. The summed E-state index contributed by atoms with van der Waals surface area (Å²) in [5.41, 5.74) is 7.05. The summed E-state index contributed by atoms with van der Waals surface area (Å²) in [6.45, 7) is 0.408. The van der Waals surface area contributed by atoms with Crippen LogP contribution in [0, 0.1) is 0 Å². The smallest absolute Gasteiger partial charge is 0.242 e. The van der Waals surface area contributed by atoms with Crippen molar-refractivity contribution in [1.82, 2.24) is 9.97 Å². The van der Waals surface area contributed by atoms with Gasteiger partial charge in [0.05, 0.1) is 17.1 Å². The van der Waals surface area contributed by atoms with Crippen LogP contribution in [-0.4, -0.2) is 35.6 Å². The summed E-state index contributed by atoms with van der Waals surface area (Å²) in [5.74, 6) is -0.156. The van der Waals surface area contributed by atoms with Crippen LogP contribution in [0.2, 0.25) is 5.15 Å². The van der Waals surface area contributed by atoms with E-state index in [1.54, 1.807) is 19.2 Å². The third-order valence-electron chi connectivity index (χ3n) is 2.74. The van der Waals surface area contributed by atoms with Crippen LogP contribution in [0.15, 0.2) is 24.3 Å². The first-order valence-corrected chi connectivity index (χ1v) is 6.47. The molecule has 0 aliphatic rings. The highest BCUT2D eigenvalue weighted by atomic mass is 35.5. The molecule has 2 aromatic rings. The summed E-state index contributed by atoms with van der Waals surface area (Å²) in [4.78, 5) is 20.3. The number of ether oxygens (including phenoxy) is 1. The molecular weight excluding hydrogens is 280 g/mol. The topological polar surface area (TPSA) is 90.1 Å². The van der Waals surface area contributed by atoms with E-state index in [1.807, 2.05) is 12.1 Å². The molecule has 1 atom stereocenters. The van der Waals surface area contributed by atoms with Crippen molar-refractivity contribution in [3.05, 3.63) is 29.4 Å². The van der Waals surface area contributed by atoms with Gasteiger partial charge in [-0.15, -0.1) is 0 Å². The first-order chi connectivity index (χ1) is 9.61. The van der Waals surface area contributed by atoms with Crippen LogP contribution in [0.4, 0.5) is 5.82 Å². The van der Waals surface area contributed by atoms with Crippen LogP contribution < -0.4 is 11.1 Å². The van der Waals surface area contributed by atoms with E-state index in [-0.39, 0.29) is 16.9 Å². The van der Waals surface area contributed by atoms with Gasteiger partial charge in [0.1, 0.15) is 0 Å². The number of fused-ring (bicyclic) bond motifs is 1. The zero-order chi connectivity index (χ0) is 14.5. The van der Waals surface area contributed by atoms with Gasteiger partial charge in [0, 0.05) is 13.7 Å². The Balaban J connectivity index is 2.16. The largest absolute Gasteiger partial charge is 0.385 e. The molecule has 0 saturated heterocycles. The molecule has 1 unspecified atom stereocenters. The van der Waals surface area contributed by atoms with Gasteiger partial charge in [-0.25, -0.2) is 9.97 Å². The molecule has 1 heterocycles. The van der Waals surface area contributed by atoms with Gasteiger partial charge in [-0.2, -0.15) is 0 Å². The van der Waals surface area contributed by atoms with E-state index >= 15 is 0 Å². The molecule has 6 nitrogen and oxygen atoms in total.